The number of benzene rings is 1. The number of hydrogen-bond acceptors (Lipinski definition) is 3. The van der Waals surface area contributed by atoms with E-state index in [0.29, 0.717) is 5.69 Å². The molecule has 1 aliphatic rings. The Hall–Kier alpha value is -2.37. The molecule has 1 aromatic rings. The first-order valence-corrected chi connectivity index (χ1v) is 6.12. The van der Waals surface area contributed by atoms with E-state index in [9.17, 15) is 14.4 Å². The highest BCUT2D eigenvalue weighted by Crippen LogP contribution is 2.58. The summed E-state index contributed by atoms with van der Waals surface area (Å²) in [5.74, 6) is -3.63. The van der Waals surface area contributed by atoms with Crippen molar-refractivity contribution in [3.05, 3.63) is 29.8 Å². The normalized spacial score (nSPS) is 22.9. The molecular weight excluding hydrogens is 262 g/mol. The van der Waals surface area contributed by atoms with E-state index in [1.165, 1.54) is 24.3 Å². The van der Waals surface area contributed by atoms with Crippen molar-refractivity contribution >= 4 is 23.5 Å². The summed E-state index contributed by atoms with van der Waals surface area (Å²) in [6.07, 6.45) is 0. The van der Waals surface area contributed by atoms with Crippen LogP contribution in [-0.2, 0) is 9.59 Å². The number of carbonyl (C=O) groups excluding carboxylic acids is 1. The third-order valence-corrected chi connectivity index (χ3v) is 3.78. The molecule has 2 rings (SSSR count). The Morgan fingerprint density at radius 3 is 2.00 bits per heavy atom. The van der Waals surface area contributed by atoms with Gasteiger partial charge in [-0.1, -0.05) is 13.8 Å². The summed E-state index contributed by atoms with van der Waals surface area (Å²) in [7, 11) is 0. The minimum atomic E-state index is -1.04. The van der Waals surface area contributed by atoms with Crippen LogP contribution in [0.5, 0.6) is 0 Å². The Labute approximate surface area is 115 Å². The van der Waals surface area contributed by atoms with Crippen LogP contribution in [0.1, 0.15) is 24.2 Å². The molecule has 1 amide bonds. The molecule has 0 spiro atoms. The predicted octanol–water partition coefficient (Wildman–Crippen LogP) is 1.68. The van der Waals surface area contributed by atoms with Gasteiger partial charge in [0.1, 0.15) is 0 Å². The minimum Gasteiger partial charge on any atom is -0.481 e. The first-order valence-electron chi connectivity index (χ1n) is 6.12. The molecule has 1 saturated carbocycles. The number of hydrogen-bond donors (Lipinski definition) is 3. The van der Waals surface area contributed by atoms with Gasteiger partial charge in [-0.05, 0) is 29.7 Å². The van der Waals surface area contributed by atoms with Gasteiger partial charge in [0.05, 0.1) is 17.4 Å². The molecule has 3 N–H and O–H groups in total. The molecule has 0 bridgehead atoms. The highest BCUT2D eigenvalue weighted by Gasteiger charge is 2.65. The van der Waals surface area contributed by atoms with Crippen molar-refractivity contribution in [2.45, 2.75) is 13.8 Å². The maximum atomic E-state index is 12.0. The fourth-order valence-corrected chi connectivity index (χ4v) is 2.50. The maximum absolute atomic E-state index is 12.0. The number of aromatic carboxylic acids is 1. The molecule has 106 valence electrons. The molecule has 1 fully saturated rings. The van der Waals surface area contributed by atoms with Gasteiger partial charge in [0.2, 0.25) is 5.91 Å². The number of aliphatic carboxylic acids is 1. The number of rotatable bonds is 4. The van der Waals surface area contributed by atoms with Gasteiger partial charge in [-0.3, -0.25) is 9.59 Å². The number of carboxylic acid groups (broad SMARTS) is 2. The summed E-state index contributed by atoms with van der Waals surface area (Å²) in [4.78, 5) is 33.8. The lowest BCUT2D eigenvalue weighted by molar-refractivity contribution is -0.140. The van der Waals surface area contributed by atoms with Gasteiger partial charge in [-0.2, -0.15) is 0 Å². The van der Waals surface area contributed by atoms with E-state index < -0.39 is 29.2 Å². The topological polar surface area (TPSA) is 104 Å². The second-order valence-corrected chi connectivity index (χ2v) is 5.49. The molecule has 2 atom stereocenters. The average Bonchev–Trinajstić information content (AvgIpc) is 2.93. The molecule has 20 heavy (non-hydrogen) atoms. The van der Waals surface area contributed by atoms with Crippen LogP contribution in [0.4, 0.5) is 5.69 Å². The van der Waals surface area contributed by atoms with E-state index in [4.69, 9.17) is 10.2 Å². The summed E-state index contributed by atoms with van der Waals surface area (Å²) in [5.41, 5.74) is 0.0155. The molecule has 2 unspecified atom stereocenters. The molecular formula is C14H15NO5. The van der Waals surface area contributed by atoms with Crippen LogP contribution in [0.3, 0.4) is 0 Å². The third-order valence-electron chi connectivity index (χ3n) is 3.78. The lowest BCUT2D eigenvalue weighted by Crippen LogP contribution is -2.17. The zero-order chi connectivity index (χ0) is 15.1. The summed E-state index contributed by atoms with van der Waals surface area (Å²) in [5, 5.41) is 20.4. The van der Waals surface area contributed by atoms with E-state index in [0.717, 1.165) is 0 Å². The largest absolute Gasteiger partial charge is 0.481 e. The molecule has 0 radical (unpaired) electrons. The van der Waals surface area contributed by atoms with E-state index in [1.54, 1.807) is 13.8 Å². The monoisotopic (exact) mass is 277 g/mol. The Balaban J connectivity index is 2.06. The Morgan fingerprint density at radius 2 is 1.60 bits per heavy atom. The fourth-order valence-electron chi connectivity index (χ4n) is 2.50. The van der Waals surface area contributed by atoms with Crippen LogP contribution >= 0.6 is 0 Å². The lowest BCUT2D eigenvalue weighted by Gasteiger charge is -2.06. The number of carboxylic acids is 2. The average molecular weight is 277 g/mol. The summed E-state index contributed by atoms with van der Waals surface area (Å²) < 4.78 is 0. The molecule has 1 aromatic carbocycles. The quantitative estimate of drug-likeness (QED) is 0.776. The molecule has 0 heterocycles. The summed E-state index contributed by atoms with van der Waals surface area (Å²) >= 11 is 0. The van der Waals surface area contributed by atoms with Crippen LogP contribution in [-0.4, -0.2) is 28.1 Å². The summed E-state index contributed by atoms with van der Waals surface area (Å²) in [6.45, 7) is 3.48. The van der Waals surface area contributed by atoms with Gasteiger partial charge < -0.3 is 15.5 Å². The Bertz CT molecular complexity index is 576. The third kappa shape index (κ3) is 2.36. The number of carbonyl (C=O) groups is 3. The zero-order valence-corrected chi connectivity index (χ0v) is 11.1. The molecule has 0 saturated heterocycles. The molecule has 6 nitrogen and oxygen atoms in total. The van der Waals surface area contributed by atoms with Crippen LogP contribution in [0.25, 0.3) is 0 Å². The maximum Gasteiger partial charge on any atom is 0.335 e. The second-order valence-electron chi connectivity index (χ2n) is 5.49. The van der Waals surface area contributed by atoms with Crippen molar-refractivity contribution in [3.63, 3.8) is 0 Å². The van der Waals surface area contributed by atoms with Crippen molar-refractivity contribution < 1.29 is 24.6 Å². The highest BCUT2D eigenvalue weighted by molar-refractivity contribution is 6.00. The second kappa shape index (κ2) is 4.63. The first-order chi connectivity index (χ1) is 9.25. The van der Waals surface area contributed by atoms with Gasteiger partial charge in [0.15, 0.2) is 0 Å². The van der Waals surface area contributed by atoms with Gasteiger partial charge >= 0.3 is 11.9 Å². The van der Waals surface area contributed by atoms with Gasteiger partial charge in [0.25, 0.3) is 0 Å². The Kier molecular flexibility index (Phi) is 3.25. The van der Waals surface area contributed by atoms with Crippen molar-refractivity contribution in [2.75, 3.05) is 5.32 Å². The SMILES string of the molecule is CC1(C)C(C(=O)O)C1C(=O)Nc1ccc(C(=O)O)cc1. The van der Waals surface area contributed by atoms with E-state index in [2.05, 4.69) is 5.32 Å². The van der Waals surface area contributed by atoms with E-state index >= 15 is 0 Å². The Morgan fingerprint density at radius 1 is 1.05 bits per heavy atom. The van der Waals surface area contributed by atoms with Crippen molar-refractivity contribution in [2.24, 2.45) is 17.3 Å². The molecule has 6 heteroatoms. The molecule has 0 aromatic heterocycles. The van der Waals surface area contributed by atoms with E-state index in [1.807, 2.05) is 0 Å². The molecule has 1 aliphatic carbocycles. The van der Waals surface area contributed by atoms with Crippen LogP contribution in [0.2, 0.25) is 0 Å². The van der Waals surface area contributed by atoms with Crippen molar-refractivity contribution in [1.82, 2.24) is 0 Å². The van der Waals surface area contributed by atoms with Gasteiger partial charge in [-0.25, -0.2) is 4.79 Å². The standard InChI is InChI=1S/C14H15NO5/c1-14(2)9(10(14)13(19)20)11(16)15-8-5-3-7(4-6-8)12(17)18/h3-6,9-10H,1-2H3,(H,15,16)(H,17,18)(H,19,20). The van der Waals surface area contributed by atoms with Gasteiger partial charge in [0, 0.05) is 5.69 Å². The van der Waals surface area contributed by atoms with E-state index in [-0.39, 0.29) is 11.5 Å². The van der Waals surface area contributed by atoms with Crippen LogP contribution in [0.15, 0.2) is 24.3 Å². The number of amides is 1. The smallest absolute Gasteiger partial charge is 0.335 e. The van der Waals surface area contributed by atoms with Gasteiger partial charge in [-0.15, -0.1) is 0 Å². The lowest BCUT2D eigenvalue weighted by atomic mass is 10.1. The molecule has 0 aliphatic heterocycles. The van der Waals surface area contributed by atoms with Crippen LogP contribution < -0.4 is 5.32 Å². The predicted molar refractivity (Wildman–Crippen MR) is 70.4 cm³/mol. The van der Waals surface area contributed by atoms with Crippen molar-refractivity contribution in [3.8, 4) is 0 Å². The highest BCUT2D eigenvalue weighted by atomic mass is 16.4. The number of nitrogens with one attached hydrogen (secondary N) is 1. The fraction of sp³-hybridized carbons (Fsp3) is 0.357. The van der Waals surface area contributed by atoms with Crippen molar-refractivity contribution in [1.29, 1.82) is 0 Å². The summed E-state index contributed by atoms with van der Waals surface area (Å²) in [6, 6.07) is 5.72. The van der Waals surface area contributed by atoms with Crippen LogP contribution in [0, 0.1) is 17.3 Å². The minimum absolute atomic E-state index is 0.123. The number of anilines is 1. The first kappa shape index (κ1) is 14.0. The zero-order valence-electron chi connectivity index (χ0n) is 11.1.